The number of nitrogens with two attached hydrogens (primary N) is 1. The van der Waals surface area contributed by atoms with E-state index in [4.69, 9.17) is 19.9 Å². The van der Waals surface area contributed by atoms with Crippen LogP contribution in [0, 0.1) is 0 Å². The highest BCUT2D eigenvalue weighted by atomic mass is 16.7. The van der Waals surface area contributed by atoms with Crippen molar-refractivity contribution in [2.24, 2.45) is 0 Å². The molecular weight excluding hydrogens is 298 g/mol. The first-order valence-corrected chi connectivity index (χ1v) is 7.28. The molecule has 0 fully saturated rings. The minimum absolute atomic E-state index is 0.240. The van der Waals surface area contributed by atoms with Crippen LogP contribution < -0.4 is 25.8 Å². The molecule has 8 nitrogen and oxygen atoms in total. The van der Waals surface area contributed by atoms with Crippen molar-refractivity contribution in [2.75, 3.05) is 43.4 Å². The quantitative estimate of drug-likeness (QED) is 0.666. The van der Waals surface area contributed by atoms with E-state index in [1.165, 1.54) is 6.33 Å². The van der Waals surface area contributed by atoms with Crippen LogP contribution in [0.2, 0.25) is 0 Å². The number of nitrogens with zero attached hydrogens (tertiary/aromatic N) is 2. The smallest absolute Gasteiger partial charge is 0.231 e. The first-order valence-electron chi connectivity index (χ1n) is 7.28. The molecule has 1 aromatic heterocycles. The number of ether oxygens (including phenoxy) is 3. The van der Waals surface area contributed by atoms with Gasteiger partial charge in [0.25, 0.3) is 0 Å². The van der Waals surface area contributed by atoms with Crippen LogP contribution in [-0.2, 0) is 4.74 Å². The molecule has 0 spiro atoms. The van der Waals surface area contributed by atoms with Crippen LogP contribution in [-0.4, -0.2) is 37.0 Å². The van der Waals surface area contributed by atoms with E-state index < -0.39 is 0 Å². The third-order valence-corrected chi connectivity index (χ3v) is 3.34. The Balaban J connectivity index is 1.70. The number of hydrogen-bond acceptors (Lipinski definition) is 8. The van der Waals surface area contributed by atoms with E-state index >= 15 is 0 Å². The maximum Gasteiger partial charge on any atom is 0.231 e. The molecule has 4 N–H and O–H groups in total. The Morgan fingerprint density at radius 2 is 2.04 bits per heavy atom. The van der Waals surface area contributed by atoms with E-state index in [0.717, 1.165) is 24.4 Å². The van der Waals surface area contributed by atoms with Crippen LogP contribution in [0.15, 0.2) is 24.5 Å². The summed E-state index contributed by atoms with van der Waals surface area (Å²) in [5, 5.41) is 6.34. The zero-order valence-corrected chi connectivity index (χ0v) is 12.8. The summed E-state index contributed by atoms with van der Waals surface area (Å²) in [7, 11) is 1.67. The molecule has 0 bridgehead atoms. The monoisotopic (exact) mass is 317 g/mol. The summed E-state index contributed by atoms with van der Waals surface area (Å²) >= 11 is 0. The summed E-state index contributed by atoms with van der Waals surface area (Å²) in [5.74, 6) is 2.56. The maximum atomic E-state index is 6.12. The average Bonchev–Trinajstić information content (AvgIpc) is 3.02. The van der Waals surface area contributed by atoms with E-state index in [-0.39, 0.29) is 6.79 Å². The first-order chi connectivity index (χ1) is 11.3. The molecule has 0 aliphatic carbocycles. The highest BCUT2D eigenvalue weighted by molar-refractivity contribution is 5.78. The topological polar surface area (TPSA) is 104 Å². The number of hydrogen-bond donors (Lipinski definition) is 3. The van der Waals surface area contributed by atoms with Gasteiger partial charge in [-0.25, -0.2) is 9.97 Å². The number of anilines is 4. The highest BCUT2D eigenvalue weighted by Crippen LogP contribution is 2.35. The molecule has 1 aliphatic rings. The predicted octanol–water partition coefficient (Wildman–Crippen LogP) is 1.98. The largest absolute Gasteiger partial charge is 0.454 e. The zero-order valence-electron chi connectivity index (χ0n) is 12.8. The van der Waals surface area contributed by atoms with Crippen molar-refractivity contribution in [3.63, 3.8) is 0 Å². The maximum absolute atomic E-state index is 6.12. The number of fused-ring (bicyclic) bond motifs is 1. The molecule has 2 aromatic rings. The summed E-state index contributed by atoms with van der Waals surface area (Å²) in [4.78, 5) is 8.35. The molecule has 2 heterocycles. The van der Waals surface area contributed by atoms with Crippen LogP contribution >= 0.6 is 0 Å². The summed E-state index contributed by atoms with van der Waals surface area (Å²) in [5.41, 5.74) is 7.39. The number of benzene rings is 1. The Kier molecular flexibility index (Phi) is 4.62. The first kappa shape index (κ1) is 15.2. The summed E-state index contributed by atoms with van der Waals surface area (Å²) < 4.78 is 15.7. The van der Waals surface area contributed by atoms with Crippen LogP contribution in [0.25, 0.3) is 0 Å². The SMILES string of the molecule is COCCCNc1ncnc(Nc2ccc3c(c2)OCO3)c1N. The van der Waals surface area contributed by atoms with Crippen molar-refractivity contribution in [2.45, 2.75) is 6.42 Å². The second kappa shape index (κ2) is 7.01. The fraction of sp³-hybridized carbons (Fsp3) is 0.333. The lowest BCUT2D eigenvalue weighted by atomic mass is 10.2. The van der Waals surface area contributed by atoms with Gasteiger partial charge in [-0.05, 0) is 18.6 Å². The molecule has 0 atom stereocenters. The molecule has 0 saturated carbocycles. The second-order valence-electron chi connectivity index (χ2n) is 4.95. The van der Waals surface area contributed by atoms with Gasteiger partial charge in [-0.15, -0.1) is 0 Å². The van der Waals surface area contributed by atoms with Gasteiger partial charge >= 0.3 is 0 Å². The fourth-order valence-electron chi connectivity index (χ4n) is 2.17. The van der Waals surface area contributed by atoms with Gasteiger partial charge in [0.1, 0.15) is 12.0 Å². The molecule has 23 heavy (non-hydrogen) atoms. The van der Waals surface area contributed by atoms with Crippen LogP contribution in [0.5, 0.6) is 11.5 Å². The van der Waals surface area contributed by atoms with E-state index in [0.29, 0.717) is 29.7 Å². The summed E-state index contributed by atoms with van der Waals surface area (Å²) in [6.07, 6.45) is 2.33. The molecule has 8 heteroatoms. The average molecular weight is 317 g/mol. The van der Waals surface area contributed by atoms with Crippen molar-refractivity contribution in [3.05, 3.63) is 24.5 Å². The summed E-state index contributed by atoms with van der Waals surface area (Å²) in [6.45, 7) is 1.64. The van der Waals surface area contributed by atoms with E-state index in [2.05, 4.69) is 20.6 Å². The van der Waals surface area contributed by atoms with Gasteiger partial charge in [0, 0.05) is 32.0 Å². The van der Waals surface area contributed by atoms with Gasteiger partial charge in [-0.2, -0.15) is 0 Å². The molecule has 1 aromatic carbocycles. The third kappa shape index (κ3) is 3.54. The third-order valence-electron chi connectivity index (χ3n) is 3.34. The van der Waals surface area contributed by atoms with E-state index in [1.807, 2.05) is 18.2 Å². The summed E-state index contributed by atoms with van der Waals surface area (Å²) in [6, 6.07) is 5.56. The Labute approximate surface area is 134 Å². The van der Waals surface area contributed by atoms with Crippen molar-refractivity contribution >= 4 is 23.0 Å². The number of nitrogen functional groups attached to an aromatic ring is 1. The second-order valence-corrected chi connectivity index (χ2v) is 4.95. The van der Waals surface area contributed by atoms with E-state index in [1.54, 1.807) is 7.11 Å². The molecule has 1 aliphatic heterocycles. The predicted molar refractivity (Wildman–Crippen MR) is 87.3 cm³/mol. The zero-order chi connectivity index (χ0) is 16.1. The number of rotatable bonds is 7. The standard InChI is InChI=1S/C15H19N5O3/c1-21-6-2-5-17-14-13(16)15(19-8-18-14)20-10-3-4-11-12(7-10)23-9-22-11/h3-4,7-8H,2,5-6,9,16H2,1H3,(H2,17,18,19,20). The molecular formula is C15H19N5O3. The van der Waals surface area contributed by atoms with Gasteiger partial charge in [0.2, 0.25) is 6.79 Å². The Hall–Kier alpha value is -2.74. The Morgan fingerprint density at radius 3 is 2.91 bits per heavy atom. The lowest BCUT2D eigenvalue weighted by molar-refractivity contribution is 0.174. The van der Waals surface area contributed by atoms with Crippen molar-refractivity contribution < 1.29 is 14.2 Å². The van der Waals surface area contributed by atoms with Crippen molar-refractivity contribution in [3.8, 4) is 11.5 Å². The molecule has 0 unspecified atom stereocenters. The Morgan fingerprint density at radius 1 is 1.22 bits per heavy atom. The van der Waals surface area contributed by atoms with Crippen LogP contribution in [0.4, 0.5) is 23.0 Å². The van der Waals surface area contributed by atoms with Gasteiger partial charge in [-0.1, -0.05) is 0 Å². The molecule has 122 valence electrons. The van der Waals surface area contributed by atoms with Crippen LogP contribution in [0.1, 0.15) is 6.42 Å². The fourth-order valence-corrected chi connectivity index (χ4v) is 2.17. The van der Waals surface area contributed by atoms with Gasteiger partial charge in [0.15, 0.2) is 23.1 Å². The van der Waals surface area contributed by atoms with Gasteiger partial charge in [-0.3, -0.25) is 0 Å². The molecule has 0 radical (unpaired) electrons. The number of aromatic nitrogens is 2. The van der Waals surface area contributed by atoms with Gasteiger partial charge in [0.05, 0.1) is 0 Å². The highest BCUT2D eigenvalue weighted by Gasteiger charge is 2.14. The Bertz CT molecular complexity index is 680. The minimum atomic E-state index is 0.240. The number of nitrogens with one attached hydrogen (secondary N) is 2. The molecule has 0 amide bonds. The van der Waals surface area contributed by atoms with E-state index in [9.17, 15) is 0 Å². The lowest BCUT2D eigenvalue weighted by Crippen LogP contribution is -2.10. The molecule has 0 saturated heterocycles. The normalized spacial score (nSPS) is 12.2. The molecule has 3 rings (SSSR count). The van der Waals surface area contributed by atoms with Crippen molar-refractivity contribution in [1.82, 2.24) is 9.97 Å². The minimum Gasteiger partial charge on any atom is -0.454 e. The lowest BCUT2D eigenvalue weighted by Gasteiger charge is -2.12. The van der Waals surface area contributed by atoms with Gasteiger partial charge < -0.3 is 30.6 Å². The number of methoxy groups -OCH3 is 1. The van der Waals surface area contributed by atoms with Crippen molar-refractivity contribution in [1.29, 1.82) is 0 Å². The van der Waals surface area contributed by atoms with Crippen LogP contribution in [0.3, 0.4) is 0 Å².